The number of piperazine rings is 1. The summed E-state index contributed by atoms with van der Waals surface area (Å²) in [6.45, 7) is 0.367. The molecule has 0 spiro atoms. The van der Waals surface area contributed by atoms with Crippen molar-refractivity contribution < 1.29 is 18.4 Å². The number of nitrogens with zero attached hydrogens (tertiary/aromatic N) is 1. The fourth-order valence-electron chi connectivity index (χ4n) is 2.02. The summed E-state index contributed by atoms with van der Waals surface area (Å²) in [6.07, 6.45) is 0. The smallest absolute Gasteiger partial charge is 0.290 e. The average molecular weight is 268 g/mol. The quantitative estimate of drug-likeness (QED) is 0.893. The van der Waals surface area contributed by atoms with Crippen LogP contribution in [-0.2, 0) is 15.5 Å². The van der Waals surface area contributed by atoms with Gasteiger partial charge in [0.2, 0.25) is 11.8 Å². The zero-order valence-electron chi connectivity index (χ0n) is 10.4. The molecule has 0 aromatic heterocycles. The summed E-state index contributed by atoms with van der Waals surface area (Å²) >= 11 is 0. The van der Waals surface area contributed by atoms with Crippen LogP contribution in [0.15, 0.2) is 30.3 Å². The van der Waals surface area contributed by atoms with Gasteiger partial charge in [0.05, 0.1) is 13.1 Å². The van der Waals surface area contributed by atoms with Gasteiger partial charge < -0.3 is 10.2 Å². The van der Waals surface area contributed by atoms with Gasteiger partial charge in [-0.2, -0.15) is 8.78 Å². The first kappa shape index (κ1) is 13.5. The van der Waals surface area contributed by atoms with Crippen molar-refractivity contribution in [2.45, 2.75) is 18.9 Å². The standard InChI is InChI=1S/C13H14F2N2O2/c1-9-12(19)17(7-11(18)16-9)8-13(14,15)10-5-3-2-4-6-10/h2-6,9H,7-8H2,1H3,(H,16,18). The van der Waals surface area contributed by atoms with Gasteiger partial charge in [-0.1, -0.05) is 30.3 Å². The maximum absolute atomic E-state index is 14.0. The third kappa shape index (κ3) is 2.89. The van der Waals surface area contributed by atoms with E-state index in [2.05, 4.69) is 5.32 Å². The Morgan fingerprint density at radius 1 is 1.32 bits per heavy atom. The van der Waals surface area contributed by atoms with Gasteiger partial charge in [-0.05, 0) is 6.92 Å². The minimum absolute atomic E-state index is 0.165. The molecule has 1 atom stereocenters. The van der Waals surface area contributed by atoms with Crippen molar-refractivity contribution in [3.05, 3.63) is 35.9 Å². The Balaban J connectivity index is 2.15. The van der Waals surface area contributed by atoms with E-state index in [1.807, 2.05) is 0 Å². The van der Waals surface area contributed by atoms with Crippen molar-refractivity contribution in [2.24, 2.45) is 0 Å². The van der Waals surface area contributed by atoms with Crippen LogP contribution in [0, 0.1) is 0 Å². The van der Waals surface area contributed by atoms with Crippen molar-refractivity contribution in [2.75, 3.05) is 13.1 Å². The van der Waals surface area contributed by atoms with Gasteiger partial charge in [-0.15, -0.1) is 0 Å². The second kappa shape index (κ2) is 4.95. The Hall–Kier alpha value is -1.98. The molecule has 0 bridgehead atoms. The van der Waals surface area contributed by atoms with E-state index >= 15 is 0 Å². The molecule has 1 fully saturated rings. The maximum Gasteiger partial charge on any atom is 0.290 e. The third-order valence-electron chi connectivity index (χ3n) is 2.98. The summed E-state index contributed by atoms with van der Waals surface area (Å²) in [7, 11) is 0. The first-order valence-electron chi connectivity index (χ1n) is 5.91. The highest BCUT2D eigenvalue weighted by Crippen LogP contribution is 2.29. The lowest BCUT2D eigenvalue weighted by atomic mass is 10.1. The summed E-state index contributed by atoms with van der Waals surface area (Å²) in [5.41, 5.74) is -0.165. The van der Waals surface area contributed by atoms with Crippen LogP contribution in [0.25, 0.3) is 0 Å². The lowest BCUT2D eigenvalue weighted by Gasteiger charge is -2.33. The Morgan fingerprint density at radius 2 is 1.95 bits per heavy atom. The number of halogens is 2. The Morgan fingerprint density at radius 3 is 2.58 bits per heavy atom. The fraction of sp³-hybridized carbons (Fsp3) is 0.385. The molecule has 1 N–H and O–H groups in total. The first-order chi connectivity index (χ1) is 8.90. The summed E-state index contributed by atoms with van der Waals surface area (Å²) < 4.78 is 28.1. The molecular formula is C13H14F2N2O2. The fourth-order valence-corrected chi connectivity index (χ4v) is 2.02. The van der Waals surface area contributed by atoms with Gasteiger partial charge in [0.1, 0.15) is 6.04 Å². The molecule has 0 saturated carbocycles. The highest BCUT2D eigenvalue weighted by molar-refractivity contribution is 5.94. The lowest BCUT2D eigenvalue weighted by Crippen LogP contribution is -2.58. The molecule has 2 rings (SSSR count). The second-order valence-electron chi connectivity index (χ2n) is 4.55. The number of alkyl halides is 2. The number of rotatable bonds is 3. The first-order valence-corrected chi connectivity index (χ1v) is 5.91. The second-order valence-corrected chi connectivity index (χ2v) is 4.55. The molecule has 1 aliphatic rings. The molecule has 1 saturated heterocycles. The number of amides is 2. The van der Waals surface area contributed by atoms with E-state index in [0.717, 1.165) is 4.90 Å². The predicted octanol–water partition coefficient (Wildman–Crippen LogP) is 1.13. The highest BCUT2D eigenvalue weighted by Gasteiger charge is 2.39. The highest BCUT2D eigenvalue weighted by atomic mass is 19.3. The molecule has 1 unspecified atom stereocenters. The van der Waals surface area contributed by atoms with Crippen molar-refractivity contribution in [3.8, 4) is 0 Å². The van der Waals surface area contributed by atoms with Gasteiger partial charge in [0.15, 0.2) is 0 Å². The van der Waals surface area contributed by atoms with E-state index in [-0.39, 0.29) is 12.1 Å². The summed E-state index contributed by atoms with van der Waals surface area (Å²) in [4.78, 5) is 24.0. The number of benzene rings is 1. The Labute approximate surface area is 109 Å². The maximum atomic E-state index is 14.0. The van der Waals surface area contributed by atoms with Crippen LogP contribution in [0.1, 0.15) is 12.5 Å². The van der Waals surface area contributed by atoms with E-state index in [9.17, 15) is 18.4 Å². The third-order valence-corrected chi connectivity index (χ3v) is 2.98. The number of hydrogen-bond acceptors (Lipinski definition) is 2. The molecule has 0 radical (unpaired) electrons. The largest absolute Gasteiger partial charge is 0.343 e. The van der Waals surface area contributed by atoms with Gasteiger partial charge in [-0.25, -0.2) is 0 Å². The summed E-state index contributed by atoms with van der Waals surface area (Å²) in [6, 6.07) is 6.51. The average Bonchev–Trinajstić information content (AvgIpc) is 2.36. The van der Waals surface area contributed by atoms with Crippen molar-refractivity contribution in [1.29, 1.82) is 0 Å². The zero-order valence-corrected chi connectivity index (χ0v) is 10.4. The molecular weight excluding hydrogens is 254 g/mol. The van der Waals surface area contributed by atoms with Crippen LogP contribution in [0.2, 0.25) is 0 Å². The van der Waals surface area contributed by atoms with E-state index in [1.54, 1.807) is 6.07 Å². The molecule has 0 aliphatic carbocycles. The van der Waals surface area contributed by atoms with Crippen LogP contribution < -0.4 is 5.32 Å². The van der Waals surface area contributed by atoms with Crippen LogP contribution in [0.3, 0.4) is 0 Å². The summed E-state index contributed by atoms with van der Waals surface area (Å²) in [5, 5.41) is 2.41. The molecule has 4 nitrogen and oxygen atoms in total. The Kier molecular flexibility index (Phi) is 3.50. The lowest BCUT2D eigenvalue weighted by molar-refractivity contribution is -0.149. The molecule has 1 heterocycles. The van der Waals surface area contributed by atoms with Gasteiger partial charge in [0.25, 0.3) is 5.92 Å². The van der Waals surface area contributed by atoms with Crippen LogP contribution >= 0.6 is 0 Å². The van der Waals surface area contributed by atoms with Gasteiger partial charge in [-0.3, -0.25) is 9.59 Å². The number of nitrogens with one attached hydrogen (secondary N) is 1. The molecule has 1 aliphatic heterocycles. The van der Waals surface area contributed by atoms with E-state index in [0.29, 0.717) is 0 Å². The van der Waals surface area contributed by atoms with Crippen molar-refractivity contribution >= 4 is 11.8 Å². The van der Waals surface area contributed by atoms with Crippen molar-refractivity contribution in [1.82, 2.24) is 10.2 Å². The molecule has 102 valence electrons. The minimum Gasteiger partial charge on any atom is -0.343 e. The van der Waals surface area contributed by atoms with E-state index < -0.39 is 30.3 Å². The number of carbonyl (C=O) groups is 2. The SMILES string of the molecule is CC1NC(=O)CN(CC(F)(F)c2ccccc2)C1=O. The summed E-state index contributed by atoms with van der Waals surface area (Å²) in [5.74, 6) is -4.08. The van der Waals surface area contributed by atoms with Gasteiger partial charge >= 0.3 is 0 Å². The molecule has 19 heavy (non-hydrogen) atoms. The van der Waals surface area contributed by atoms with E-state index in [4.69, 9.17) is 0 Å². The molecule has 6 heteroatoms. The zero-order chi connectivity index (χ0) is 14.0. The number of hydrogen-bond donors (Lipinski definition) is 1. The van der Waals surface area contributed by atoms with Crippen LogP contribution in [0.4, 0.5) is 8.78 Å². The molecule has 1 aromatic carbocycles. The van der Waals surface area contributed by atoms with Gasteiger partial charge in [0, 0.05) is 5.56 Å². The Bertz CT molecular complexity index is 491. The topological polar surface area (TPSA) is 49.4 Å². The monoisotopic (exact) mass is 268 g/mol. The predicted molar refractivity (Wildman–Crippen MR) is 64.5 cm³/mol. The number of carbonyl (C=O) groups excluding carboxylic acids is 2. The van der Waals surface area contributed by atoms with Crippen LogP contribution in [0.5, 0.6) is 0 Å². The molecule has 1 aromatic rings. The van der Waals surface area contributed by atoms with E-state index in [1.165, 1.54) is 31.2 Å². The van der Waals surface area contributed by atoms with Crippen LogP contribution in [-0.4, -0.2) is 35.8 Å². The van der Waals surface area contributed by atoms with Crippen molar-refractivity contribution in [3.63, 3.8) is 0 Å². The minimum atomic E-state index is -3.17. The normalized spacial score (nSPS) is 20.4. The molecule has 2 amide bonds.